The highest BCUT2D eigenvalue weighted by atomic mass is 79.9. The Morgan fingerprint density at radius 1 is 1.08 bits per heavy atom. The van der Waals surface area contributed by atoms with Gasteiger partial charge < -0.3 is 5.32 Å². The molecule has 1 aromatic carbocycles. The molecule has 1 heterocycles. The number of hydrogen-bond donors (Lipinski definition) is 1. The van der Waals surface area contributed by atoms with Gasteiger partial charge in [0.05, 0.1) is 0 Å². The van der Waals surface area contributed by atoms with Crippen LogP contribution in [0.5, 0.6) is 0 Å². The maximum Gasteiger partial charge on any atom is 0.334 e. The van der Waals surface area contributed by atoms with Crippen molar-refractivity contribution >= 4 is 45.4 Å². The predicted octanol–water partition coefficient (Wildman–Crippen LogP) is 2.12. The smallest absolute Gasteiger partial charge is 0.325 e. The van der Waals surface area contributed by atoms with Crippen LogP contribution in [0.4, 0.5) is 10.5 Å². The topological polar surface area (TPSA) is 86.8 Å². The summed E-state index contributed by atoms with van der Waals surface area (Å²) in [4.78, 5) is 50.3. The van der Waals surface area contributed by atoms with Crippen LogP contribution in [0.1, 0.15) is 25.7 Å². The molecule has 126 valence electrons. The fraction of sp³-hybridized carbons (Fsp3) is 0.375. The summed E-state index contributed by atoms with van der Waals surface area (Å²) in [5.74, 6) is -2.29. The second kappa shape index (κ2) is 6.72. The van der Waals surface area contributed by atoms with Crippen LogP contribution in [-0.2, 0) is 14.4 Å². The van der Waals surface area contributed by atoms with Crippen molar-refractivity contribution in [1.82, 2.24) is 9.80 Å². The summed E-state index contributed by atoms with van der Waals surface area (Å²) in [5.41, 5.74) is 0.543. The molecule has 0 radical (unpaired) electrons. The molecule has 2 aliphatic rings. The van der Waals surface area contributed by atoms with Gasteiger partial charge in [-0.1, -0.05) is 28.8 Å². The second-order valence-corrected chi connectivity index (χ2v) is 6.76. The first kappa shape index (κ1) is 16.6. The van der Waals surface area contributed by atoms with Crippen molar-refractivity contribution in [3.8, 4) is 0 Å². The highest BCUT2D eigenvalue weighted by Gasteiger charge is 2.48. The zero-order valence-electron chi connectivity index (χ0n) is 12.8. The van der Waals surface area contributed by atoms with Crippen LogP contribution in [0.3, 0.4) is 0 Å². The van der Waals surface area contributed by atoms with Crippen molar-refractivity contribution in [3.63, 3.8) is 0 Å². The Bertz CT molecular complexity index is 698. The number of amides is 5. The van der Waals surface area contributed by atoms with E-state index in [4.69, 9.17) is 0 Å². The van der Waals surface area contributed by atoms with Gasteiger partial charge in [0.25, 0.3) is 0 Å². The van der Waals surface area contributed by atoms with Crippen molar-refractivity contribution in [2.75, 3.05) is 11.9 Å². The van der Waals surface area contributed by atoms with Crippen LogP contribution in [0.15, 0.2) is 28.7 Å². The van der Waals surface area contributed by atoms with Gasteiger partial charge >= 0.3 is 17.8 Å². The molecule has 1 saturated heterocycles. The quantitative estimate of drug-likeness (QED) is 0.626. The minimum atomic E-state index is -0.933. The molecule has 2 fully saturated rings. The van der Waals surface area contributed by atoms with Crippen molar-refractivity contribution in [2.24, 2.45) is 0 Å². The summed E-state index contributed by atoms with van der Waals surface area (Å²) in [7, 11) is 0. The van der Waals surface area contributed by atoms with E-state index in [0.717, 1.165) is 27.1 Å². The Hall–Kier alpha value is -2.22. The summed E-state index contributed by atoms with van der Waals surface area (Å²) in [6, 6.07) is 5.97. The number of halogens is 1. The fourth-order valence-corrected chi connectivity index (χ4v) is 3.29. The molecule has 1 saturated carbocycles. The van der Waals surface area contributed by atoms with E-state index in [-0.39, 0.29) is 6.04 Å². The van der Waals surface area contributed by atoms with Gasteiger partial charge in [-0.2, -0.15) is 0 Å². The summed E-state index contributed by atoms with van der Waals surface area (Å²) >= 11 is 3.29. The molecule has 7 nitrogen and oxygen atoms in total. The van der Waals surface area contributed by atoms with Gasteiger partial charge in [-0.3, -0.25) is 19.3 Å². The summed E-state index contributed by atoms with van der Waals surface area (Å²) < 4.78 is 0.864. The van der Waals surface area contributed by atoms with Crippen molar-refractivity contribution in [3.05, 3.63) is 28.7 Å². The normalized spacial score (nSPS) is 18.6. The molecule has 1 aliphatic carbocycles. The molecule has 0 bridgehead atoms. The van der Waals surface area contributed by atoms with E-state index in [1.165, 1.54) is 0 Å². The number of rotatable bonds is 4. The van der Waals surface area contributed by atoms with E-state index in [1.807, 2.05) is 0 Å². The van der Waals surface area contributed by atoms with Crippen molar-refractivity contribution in [1.29, 1.82) is 0 Å². The Labute approximate surface area is 147 Å². The maximum absolute atomic E-state index is 12.4. The zero-order valence-corrected chi connectivity index (χ0v) is 14.4. The van der Waals surface area contributed by atoms with E-state index < -0.39 is 30.3 Å². The van der Waals surface area contributed by atoms with Gasteiger partial charge in [0.1, 0.15) is 6.54 Å². The van der Waals surface area contributed by atoms with Gasteiger partial charge in [-0.25, -0.2) is 9.69 Å². The number of nitrogens with one attached hydrogen (secondary N) is 1. The molecule has 0 unspecified atom stereocenters. The lowest BCUT2D eigenvalue weighted by Gasteiger charge is -2.20. The number of carbonyl (C=O) groups is 4. The van der Waals surface area contributed by atoms with Crippen LogP contribution in [-0.4, -0.2) is 46.1 Å². The minimum absolute atomic E-state index is 0.228. The summed E-state index contributed by atoms with van der Waals surface area (Å²) in [6.45, 7) is -0.470. The standard InChI is InChI=1S/C16H16BrN3O4/c17-10-5-7-11(8-6-10)18-13(21)9-19-14(22)15(23)20(16(19)24)12-3-1-2-4-12/h5-8,12H,1-4,9H2,(H,18,21). The van der Waals surface area contributed by atoms with Gasteiger partial charge in [-0.15, -0.1) is 0 Å². The lowest BCUT2D eigenvalue weighted by atomic mass is 10.2. The van der Waals surface area contributed by atoms with Gasteiger partial charge in [0.2, 0.25) is 5.91 Å². The molecule has 1 N–H and O–H groups in total. The average Bonchev–Trinajstić information content (AvgIpc) is 3.14. The van der Waals surface area contributed by atoms with Gasteiger partial charge in [0.15, 0.2) is 0 Å². The van der Waals surface area contributed by atoms with Gasteiger partial charge in [0, 0.05) is 16.2 Å². The van der Waals surface area contributed by atoms with E-state index in [0.29, 0.717) is 18.5 Å². The number of hydrogen-bond acceptors (Lipinski definition) is 4. The van der Waals surface area contributed by atoms with E-state index >= 15 is 0 Å². The number of urea groups is 1. The van der Waals surface area contributed by atoms with Crippen LogP contribution >= 0.6 is 15.9 Å². The molecular weight excluding hydrogens is 378 g/mol. The summed E-state index contributed by atoms with van der Waals surface area (Å²) in [6.07, 6.45) is 3.29. The van der Waals surface area contributed by atoms with Gasteiger partial charge in [-0.05, 0) is 37.1 Å². The number of anilines is 1. The first-order valence-corrected chi connectivity index (χ1v) is 8.51. The average molecular weight is 394 g/mol. The molecule has 8 heteroatoms. The molecule has 1 aromatic rings. The lowest BCUT2D eigenvalue weighted by Crippen LogP contribution is -2.41. The Morgan fingerprint density at radius 3 is 2.33 bits per heavy atom. The third-order valence-corrected chi connectivity index (χ3v) is 4.73. The zero-order chi connectivity index (χ0) is 17.3. The van der Waals surface area contributed by atoms with Crippen LogP contribution in [0.2, 0.25) is 0 Å². The van der Waals surface area contributed by atoms with Crippen LogP contribution < -0.4 is 5.32 Å². The minimum Gasteiger partial charge on any atom is -0.325 e. The monoisotopic (exact) mass is 393 g/mol. The number of benzene rings is 1. The third-order valence-electron chi connectivity index (χ3n) is 4.20. The SMILES string of the molecule is O=C(CN1C(=O)C(=O)N(C2CCCC2)C1=O)Nc1ccc(Br)cc1. The predicted molar refractivity (Wildman–Crippen MR) is 89.0 cm³/mol. The Kier molecular flexibility index (Phi) is 4.66. The third kappa shape index (κ3) is 3.19. The number of carbonyl (C=O) groups excluding carboxylic acids is 4. The Morgan fingerprint density at radius 2 is 1.71 bits per heavy atom. The largest absolute Gasteiger partial charge is 0.334 e. The van der Waals surface area contributed by atoms with Crippen LogP contribution in [0, 0.1) is 0 Å². The van der Waals surface area contributed by atoms with Crippen molar-refractivity contribution < 1.29 is 19.2 Å². The lowest BCUT2D eigenvalue weighted by molar-refractivity contribution is -0.144. The molecular formula is C16H16BrN3O4. The fourth-order valence-electron chi connectivity index (χ4n) is 3.02. The maximum atomic E-state index is 12.4. The number of imide groups is 2. The molecule has 1 aliphatic heterocycles. The highest BCUT2D eigenvalue weighted by Crippen LogP contribution is 2.27. The molecule has 5 amide bonds. The molecule has 0 aromatic heterocycles. The second-order valence-electron chi connectivity index (χ2n) is 5.84. The van der Waals surface area contributed by atoms with E-state index in [2.05, 4.69) is 21.2 Å². The van der Waals surface area contributed by atoms with E-state index in [9.17, 15) is 19.2 Å². The molecule has 24 heavy (non-hydrogen) atoms. The van der Waals surface area contributed by atoms with Crippen LogP contribution in [0.25, 0.3) is 0 Å². The molecule has 3 rings (SSSR count). The van der Waals surface area contributed by atoms with E-state index in [1.54, 1.807) is 24.3 Å². The van der Waals surface area contributed by atoms with Crippen molar-refractivity contribution in [2.45, 2.75) is 31.7 Å². The Balaban J connectivity index is 1.66. The summed E-state index contributed by atoms with van der Waals surface area (Å²) in [5, 5.41) is 2.60. The molecule has 0 atom stereocenters. The molecule has 0 spiro atoms. The first-order chi connectivity index (χ1) is 11.5. The highest BCUT2D eigenvalue weighted by molar-refractivity contribution is 9.10. The number of nitrogens with zero attached hydrogens (tertiary/aromatic N) is 2. The first-order valence-electron chi connectivity index (χ1n) is 7.72.